The molecule has 106 valence electrons. The van der Waals surface area contributed by atoms with Gasteiger partial charge in [0.05, 0.1) is 0 Å². The fourth-order valence-corrected chi connectivity index (χ4v) is 3.22. The standard InChI is InChI=1S/C18H17FN2/c19-14-6-7-17-15(10-14)16-12-21(9-8-18(16)20-17)11-13-4-2-1-3-5-13/h1-7,10,20H,8-9,11-12H2. The predicted octanol–water partition coefficient (Wildman–Crippen LogP) is 3.87. The van der Waals surface area contributed by atoms with Crippen molar-refractivity contribution in [3.05, 3.63) is 71.2 Å². The van der Waals surface area contributed by atoms with Crippen LogP contribution in [0.15, 0.2) is 48.5 Å². The second-order valence-corrected chi connectivity index (χ2v) is 5.72. The van der Waals surface area contributed by atoms with Crippen molar-refractivity contribution in [2.45, 2.75) is 19.5 Å². The number of H-pyrrole nitrogens is 1. The highest BCUT2D eigenvalue weighted by molar-refractivity contribution is 5.84. The summed E-state index contributed by atoms with van der Waals surface area (Å²) in [6.07, 6.45) is 0.998. The minimum absolute atomic E-state index is 0.163. The molecular formula is C18H17FN2. The Balaban J connectivity index is 1.64. The molecule has 4 rings (SSSR count). The van der Waals surface area contributed by atoms with E-state index in [0.717, 1.165) is 37.0 Å². The Morgan fingerprint density at radius 1 is 1.10 bits per heavy atom. The molecule has 21 heavy (non-hydrogen) atoms. The molecule has 0 radical (unpaired) electrons. The van der Waals surface area contributed by atoms with Gasteiger partial charge in [0.2, 0.25) is 0 Å². The fourth-order valence-electron chi connectivity index (χ4n) is 3.22. The van der Waals surface area contributed by atoms with Crippen LogP contribution in [0, 0.1) is 5.82 Å². The Morgan fingerprint density at radius 2 is 1.95 bits per heavy atom. The van der Waals surface area contributed by atoms with Gasteiger partial charge in [-0.3, -0.25) is 4.90 Å². The molecule has 0 spiro atoms. The molecule has 2 aromatic carbocycles. The molecule has 3 heteroatoms. The molecular weight excluding hydrogens is 263 g/mol. The largest absolute Gasteiger partial charge is 0.358 e. The van der Waals surface area contributed by atoms with Crippen molar-refractivity contribution in [3.63, 3.8) is 0 Å². The second-order valence-electron chi connectivity index (χ2n) is 5.72. The molecule has 0 amide bonds. The summed E-state index contributed by atoms with van der Waals surface area (Å²) in [5.74, 6) is -0.163. The number of hydrogen-bond donors (Lipinski definition) is 1. The number of aromatic amines is 1. The van der Waals surface area contributed by atoms with Crippen LogP contribution >= 0.6 is 0 Å². The minimum atomic E-state index is -0.163. The van der Waals surface area contributed by atoms with Crippen molar-refractivity contribution >= 4 is 10.9 Å². The van der Waals surface area contributed by atoms with Crippen molar-refractivity contribution in [2.75, 3.05) is 6.54 Å². The van der Waals surface area contributed by atoms with Crippen molar-refractivity contribution in [3.8, 4) is 0 Å². The van der Waals surface area contributed by atoms with Crippen LogP contribution in [-0.2, 0) is 19.5 Å². The predicted molar refractivity (Wildman–Crippen MR) is 82.5 cm³/mol. The lowest BCUT2D eigenvalue weighted by Gasteiger charge is -2.27. The van der Waals surface area contributed by atoms with Gasteiger partial charge >= 0.3 is 0 Å². The summed E-state index contributed by atoms with van der Waals surface area (Å²) < 4.78 is 13.5. The Labute approximate surface area is 123 Å². The maximum Gasteiger partial charge on any atom is 0.123 e. The molecule has 2 heterocycles. The molecule has 1 aliphatic rings. The number of hydrogen-bond acceptors (Lipinski definition) is 1. The van der Waals surface area contributed by atoms with E-state index >= 15 is 0 Å². The monoisotopic (exact) mass is 280 g/mol. The van der Waals surface area contributed by atoms with Crippen LogP contribution in [-0.4, -0.2) is 16.4 Å². The number of nitrogens with one attached hydrogen (secondary N) is 1. The van der Waals surface area contributed by atoms with Crippen LogP contribution in [0.2, 0.25) is 0 Å². The first-order chi connectivity index (χ1) is 10.3. The summed E-state index contributed by atoms with van der Waals surface area (Å²) in [5, 5.41) is 1.03. The summed E-state index contributed by atoms with van der Waals surface area (Å²) in [5.41, 5.74) is 4.89. The maximum atomic E-state index is 13.5. The number of nitrogens with zero attached hydrogens (tertiary/aromatic N) is 1. The molecule has 1 aromatic heterocycles. The van der Waals surface area contributed by atoms with E-state index in [1.807, 2.05) is 12.1 Å². The van der Waals surface area contributed by atoms with E-state index in [4.69, 9.17) is 0 Å². The summed E-state index contributed by atoms with van der Waals surface area (Å²) in [6, 6.07) is 15.5. The number of aromatic nitrogens is 1. The van der Waals surface area contributed by atoms with Gasteiger partial charge < -0.3 is 4.98 Å². The lowest BCUT2D eigenvalue weighted by atomic mass is 10.0. The van der Waals surface area contributed by atoms with Crippen LogP contribution in [0.1, 0.15) is 16.8 Å². The maximum absolute atomic E-state index is 13.5. The molecule has 2 nitrogen and oxygen atoms in total. The van der Waals surface area contributed by atoms with E-state index in [1.54, 1.807) is 6.07 Å². The lowest BCUT2D eigenvalue weighted by molar-refractivity contribution is 0.245. The third-order valence-electron chi connectivity index (χ3n) is 4.27. The first-order valence-corrected chi connectivity index (χ1v) is 7.35. The van der Waals surface area contributed by atoms with Gasteiger partial charge in [-0.15, -0.1) is 0 Å². The topological polar surface area (TPSA) is 19.0 Å². The van der Waals surface area contributed by atoms with Crippen molar-refractivity contribution in [2.24, 2.45) is 0 Å². The summed E-state index contributed by atoms with van der Waals surface area (Å²) in [7, 11) is 0. The van der Waals surface area contributed by atoms with E-state index in [1.165, 1.54) is 22.9 Å². The zero-order valence-corrected chi connectivity index (χ0v) is 11.8. The highest BCUT2D eigenvalue weighted by Crippen LogP contribution is 2.28. The first-order valence-electron chi connectivity index (χ1n) is 7.35. The highest BCUT2D eigenvalue weighted by atomic mass is 19.1. The van der Waals surface area contributed by atoms with Crippen LogP contribution < -0.4 is 0 Å². The molecule has 1 N–H and O–H groups in total. The van der Waals surface area contributed by atoms with Gasteiger partial charge in [-0.05, 0) is 29.3 Å². The van der Waals surface area contributed by atoms with Gasteiger partial charge in [-0.25, -0.2) is 4.39 Å². The normalized spacial score (nSPS) is 15.3. The van der Waals surface area contributed by atoms with E-state index < -0.39 is 0 Å². The van der Waals surface area contributed by atoms with Crippen molar-refractivity contribution in [1.29, 1.82) is 0 Å². The summed E-state index contributed by atoms with van der Waals surface area (Å²) in [4.78, 5) is 5.86. The van der Waals surface area contributed by atoms with E-state index in [-0.39, 0.29) is 5.82 Å². The van der Waals surface area contributed by atoms with Crippen molar-refractivity contribution in [1.82, 2.24) is 9.88 Å². The molecule has 0 saturated heterocycles. The van der Waals surface area contributed by atoms with Gasteiger partial charge in [0, 0.05) is 42.7 Å². The smallest absolute Gasteiger partial charge is 0.123 e. The second kappa shape index (κ2) is 5.01. The Hall–Kier alpha value is -2.13. The first kappa shape index (κ1) is 12.6. The van der Waals surface area contributed by atoms with Crippen LogP contribution in [0.4, 0.5) is 4.39 Å². The summed E-state index contributed by atoms with van der Waals surface area (Å²) >= 11 is 0. The third-order valence-corrected chi connectivity index (χ3v) is 4.27. The molecule has 0 unspecified atom stereocenters. The van der Waals surface area contributed by atoms with Gasteiger partial charge in [0.25, 0.3) is 0 Å². The average Bonchev–Trinajstić information content (AvgIpc) is 2.86. The number of benzene rings is 2. The average molecular weight is 280 g/mol. The molecule has 0 atom stereocenters. The zero-order valence-electron chi connectivity index (χ0n) is 11.8. The molecule has 0 aliphatic carbocycles. The minimum Gasteiger partial charge on any atom is -0.358 e. The molecule has 0 bridgehead atoms. The Bertz CT molecular complexity index is 777. The number of fused-ring (bicyclic) bond motifs is 3. The SMILES string of the molecule is Fc1ccc2[nH]c3c(c2c1)CN(Cc1ccccc1)CC3. The molecule has 3 aromatic rings. The molecule has 1 aliphatic heterocycles. The van der Waals surface area contributed by atoms with Gasteiger partial charge in [0.1, 0.15) is 5.82 Å². The van der Waals surface area contributed by atoms with Crippen LogP contribution in [0.3, 0.4) is 0 Å². The highest BCUT2D eigenvalue weighted by Gasteiger charge is 2.20. The quantitative estimate of drug-likeness (QED) is 0.755. The van der Waals surface area contributed by atoms with Crippen LogP contribution in [0.25, 0.3) is 10.9 Å². The zero-order chi connectivity index (χ0) is 14.2. The fraction of sp³-hybridized carbons (Fsp3) is 0.222. The van der Waals surface area contributed by atoms with Crippen molar-refractivity contribution < 1.29 is 4.39 Å². The third kappa shape index (κ3) is 2.34. The van der Waals surface area contributed by atoms with E-state index in [0.29, 0.717) is 0 Å². The Morgan fingerprint density at radius 3 is 2.81 bits per heavy atom. The van der Waals surface area contributed by atoms with E-state index in [9.17, 15) is 4.39 Å². The molecule has 0 saturated carbocycles. The lowest BCUT2D eigenvalue weighted by Crippen LogP contribution is -2.29. The molecule has 0 fully saturated rings. The van der Waals surface area contributed by atoms with Gasteiger partial charge in [-0.1, -0.05) is 30.3 Å². The van der Waals surface area contributed by atoms with Gasteiger partial charge in [0.15, 0.2) is 0 Å². The summed E-state index contributed by atoms with van der Waals surface area (Å²) in [6.45, 7) is 2.87. The van der Waals surface area contributed by atoms with Gasteiger partial charge in [-0.2, -0.15) is 0 Å². The number of rotatable bonds is 2. The van der Waals surface area contributed by atoms with E-state index in [2.05, 4.69) is 34.1 Å². The Kier molecular flexibility index (Phi) is 3.00. The van der Waals surface area contributed by atoms with Crippen LogP contribution in [0.5, 0.6) is 0 Å². The number of halogens is 1.